The first kappa shape index (κ1) is 47.5. The number of carbonyl (C=O) groups excluding carboxylic acids is 5. The van der Waals surface area contributed by atoms with Gasteiger partial charge in [-0.3, -0.25) is 28.9 Å². The summed E-state index contributed by atoms with van der Waals surface area (Å²) in [7, 11) is 0. The van der Waals surface area contributed by atoms with Crippen LogP contribution in [0.5, 0.6) is 0 Å². The fourth-order valence-electron chi connectivity index (χ4n) is 8.14. The molecule has 0 aliphatic carbocycles. The molecule has 344 valence electrons. The summed E-state index contributed by atoms with van der Waals surface area (Å²) in [6, 6.07) is 33.8. The van der Waals surface area contributed by atoms with Crippen LogP contribution in [0, 0.1) is 0 Å². The summed E-state index contributed by atoms with van der Waals surface area (Å²) < 4.78 is 57.3. The van der Waals surface area contributed by atoms with Crippen molar-refractivity contribution in [2.75, 3.05) is 19.0 Å². The van der Waals surface area contributed by atoms with Crippen molar-refractivity contribution in [1.29, 1.82) is 0 Å². The maximum atomic E-state index is 14.2. The lowest BCUT2D eigenvalue weighted by Gasteiger charge is -2.48. The lowest BCUT2D eigenvalue weighted by molar-refractivity contribution is -0.303. The number of thioether (sulfide) groups is 1. The van der Waals surface area contributed by atoms with E-state index in [0.717, 1.165) is 35.4 Å². The van der Waals surface area contributed by atoms with Crippen LogP contribution in [0.1, 0.15) is 65.1 Å². The number of nitrogens with zero attached hydrogens (tertiary/aromatic N) is 1. The smallest absolute Gasteiger partial charge is 0.303 e. The van der Waals surface area contributed by atoms with Gasteiger partial charge in [0, 0.05) is 20.8 Å². The molecule has 0 unspecified atom stereocenters. The zero-order valence-electron chi connectivity index (χ0n) is 36.6. The molecule has 0 bridgehead atoms. The SMILES string of the molecule is CCS[C@@H]1O[C@H](CO[C@@H]2O[C@H](COC(C)=O)[C@@H](OC(C)=O)[C@H](OC(C)=O)[C@H]2N2C(=O)c3ccccc3C2=O)[C@@H](OCc2ccccc2)[C@H](OCc2ccccc2)[C@H]1OCc1ccccc1. The summed E-state index contributed by atoms with van der Waals surface area (Å²) in [6.07, 6.45) is -9.02. The van der Waals surface area contributed by atoms with E-state index >= 15 is 0 Å². The molecule has 3 heterocycles. The zero-order valence-corrected chi connectivity index (χ0v) is 37.4. The Kier molecular flexibility index (Phi) is 16.5. The van der Waals surface area contributed by atoms with Gasteiger partial charge in [0.05, 0.1) is 37.6 Å². The van der Waals surface area contributed by atoms with Gasteiger partial charge in [-0.25, -0.2) is 0 Å². The Morgan fingerprint density at radius 2 is 1.00 bits per heavy atom. The molecule has 0 radical (unpaired) electrons. The van der Waals surface area contributed by atoms with Crippen LogP contribution in [-0.4, -0.2) is 114 Å². The minimum atomic E-state index is -1.57. The van der Waals surface area contributed by atoms with Crippen molar-refractivity contribution >= 4 is 41.5 Å². The van der Waals surface area contributed by atoms with Gasteiger partial charge in [-0.05, 0) is 34.6 Å². The van der Waals surface area contributed by atoms with E-state index in [4.69, 9.17) is 42.6 Å². The predicted molar refractivity (Wildman–Crippen MR) is 235 cm³/mol. The molecule has 4 aromatic rings. The molecule has 0 saturated carbocycles. The van der Waals surface area contributed by atoms with E-state index in [-0.39, 0.29) is 37.6 Å². The number of fused-ring (bicyclic) bond motifs is 1. The fourth-order valence-corrected chi connectivity index (χ4v) is 9.11. The lowest BCUT2D eigenvalue weighted by atomic mass is 9.94. The van der Waals surface area contributed by atoms with Crippen LogP contribution in [0.25, 0.3) is 0 Å². The molecule has 4 aromatic carbocycles. The highest BCUT2D eigenvalue weighted by Crippen LogP contribution is 2.39. The topological polar surface area (TPSA) is 172 Å². The molecule has 2 saturated heterocycles. The summed E-state index contributed by atoms with van der Waals surface area (Å²) in [5.41, 5.74) is 2.37. The highest BCUT2D eigenvalue weighted by Gasteiger charge is 2.58. The Morgan fingerprint density at radius 3 is 1.49 bits per heavy atom. The quantitative estimate of drug-likeness (QED) is 0.0604. The minimum Gasteiger partial charge on any atom is -0.463 e. The van der Waals surface area contributed by atoms with Crippen LogP contribution >= 0.6 is 11.8 Å². The second-order valence-corrected chi connectivity index (χ2v) is 17.0. The standard InChI is InChI=1S/C49H53NO14S/c1-5-65-49-45(59-27-35-21-13-8-14-22-35)44(58-26-34-19-11-7-12-20-34)41(57-25-33-17-9-6-10-18-33)38(64-49)29-60-48-40(50-46(54)36-23-15-16-24-37(36)47(50)55)43(62-32(4)53)42(61-31(3)52)39(63-48)28-56-30(2)51/h6-24,38-45,48-49H,5,25-29H2,1-4H3/t38-,39-,40-,41-,42-,43-,44+,45-,48-,49+/m1/s1. The summed E-state index contributed by atoms with van der Waals surface area (Å²) in [5, 5.41) is 0. The van der Waals surface area contributed by atoms with E-state index in [1.165, 1.54) is 30.8 Å². The number of benzene rings is 4. The van der Waals surface area contributed by atoms with Crippen molar-refractivity contribution in [3.8, 4) is 0 Å². The van der Waals surface area contributed by atoms with Gasteiger partial charge in [0.25, 0.3) is 11.8 Å². The van der Waals surface area contributed by atoms with Gasteiger partial charge in [-0.15, -0.1) is 11.8 Å². The van der Waals surface area contributed by atoms with Gasteiger partial charge in [0.2, 0.25) is 0 Å². The van der Waals surface area contributed by atoms with Crippen LogP contribution in [-0.2, 0) is 76.8 Å². The molecule has 15 nitrogen and oxygen atoms in total. The zero-order chi connectivity index (χ0) is 45.9. The molecule has 10 atom stereocenters. The Hall–Kier alpha value is -5.46. The van der Waals surface area contributed by atoms with Gasteiger partial charge in [-0.1, -0.05) is 110 Å². The first-order valence-electron chi connectivity index (χ1n) is 21.5. The van der Waals surface area contributed by atoms with Crippen molar-refractivity contribution in [3.63, 3.8) is 0 Å². The molecule has 3 aliphatic rings. The van der Waals surface area contributed by atoms with Gasteiger partial charge in [0.15, 0.2) is 18.5 Å². The van der Waals surface area contributed by atoms with Crippen molar-refractivity contribution in [2.24, 2.45) is 0 Å². The van der Waals surface area contributed by atoms with Crippen molar-refractivity contribution < 1.29 is 66.6 Å². The third kappa shape index (κ3) is 11.9. The second kappa shape index (κ2) is 22.6. The molecule has 2 amide bonds. The number of ether oxygens (including phenoxy) is 9. The van der Waals surface area contributed by atoms with E-state index in [9.17, 15) is 24.0 Å². The van der Waals surface area contributed by atoms with E-state index in [2.05, 4.69) is 0 Å². The lowest BCUT2D eigenvalue weighted by Crippen LogP contribution is -2.68. The predicted octanol–water partition coefficient (Wildman–Crippen LogP) is 6.05. The minimum absolute atomic E-state index is 0.105. The average molecular weight is 912 g/mol. The average Bonchev–Trinajstić information content (AvgIpc) is 3.55. The van der Waals surface area contributed by atoms with Gasteiger partial charge < -0.3 is 42.6 Å². The Labute approximate surface area is 381 Å². The molecule has 0 spiro atoms. The van der Waals surface area contributed by atoms with Crippen molar-refractivity contribution in [1.82, 2.24) is 4.90 Å². The van der Waals surface area contributed by atoms with Gasteiger partial charge in [0.1, 0.15) is 48.6 Å². The molecule has 16 heteroatoms. The third-order valence-corrected chi connectivity index (χ3v) is 12.0. The number of carbonyl (C=O) groups is 5. The summed E-state index contributed by atoms with van der Waals surface area (Å²) >= 11 is 1.52. The number of esters is 3. The summed E-state index contributed by atoms with van der Waals surface area (Å²) in [4.78, 5) is 67.0. The Bertz CT molecular complexity index is 2200. The molecule has 2 fully saturated rings. The highest BCUT2D eigenvalue weighted by molar-refractivity contribution is 7.99. The first-order chi connectivity index (χ1) is 31.5. The number of hydrogen-bond acceptors (Lipinski definition) is 15. The summed E-state index contributed by atoms with van der Waals surface area (Å²) in [6.45, 7) is 5.36. The van der Waals surface area contributed by atoms with E-state index < -0.39 is 96.8 Å². The number of amides is 2. The van der Waals surface area contributed by atoms with Gasteiger partial charge in [-0.2, -0.15) is 0 Å². The fraction of sp³-hybridized carbons (Fsp3) is 0.408. The van der Waals surface area contributed by atoms with Gasteiger partial charge >= 0.3 is 17.9 Å². The molecule has 0 aromatic heterocycles. The van der Waals surface area contributed by atoms with Crippen molar-refractivity contribution in [3.05, 3.63) is 143 Å². The Balaban J connectivity index is 1.27. The highest BCUT2D eigenvalue weighted by atomic mass is 32.2. The number of imide groups is 1. The van der Waals surface area contributed by atoms with Crippen LogP contribution in [0.4, 0.5) is 0 Å². The summed E-state index contributed by atoms with van der Waals surface area (Å²) in [5.74, 6) is -3.05. The first-order valence-corrected chi connectivity index (χ1v) is 22.5. The second-order valence-electron chi connectivity index (χ2n) is 15.6. The molecule has 0 N–H and O–H groups in total. The largest absolute Gasteiger partial charge is 0.463 e. The van der Waals surface area contributed by atoms with Crippen LogP contribution in [0.2, 0.25) is 0 Å². The molecule has 3 aliphatic heterocycles. The molecule has 7 rings (SSSR count). The Morgan fingerprint density at radius 1 is 0.538 bits per heavy atom. The third-order valence-electron chi connectivity index (χ3n) is 11.0. The monoisotopic (exact) mass is 911 g/mol. The van der Waals surface area contributed by atoms with Crippen molar-refractivity contribution in [2.45, 2.75) is 108 Å². The van der Waals surface area contributed by atoms with Crippen LogP contribution < -0.4 is 0 Å². The molecular weight excluding hydrogens is 859 g/mol. The maximum Gasteiger partial charge on any atom is 0.303 e. The molecule has 65 heavy (non-hydrogen) atoms. The number of rotatable bonds is 19. The van der Waals surface area contributed by atoms with Crippen LogP contribution in [0.15, 0.2) is 115 Å². The normalized spacial score (nSPS) is 26.3. The van der Waals surface area contributed by atoms with E-state index in [1.54, 1.807) is 12.1 Å². The molecular formula is C49H53NO14S. The van der Waals surface area contributed by atoms with Crippen LogP contribution in [0.3, 0.4) is 0 Å². The number of hydrogen-bond donors (Lipinski definition) is 0. The van der Waals surface area contributed by atoms with E-state index in [1.807, 2.05) is 97.9 Å². The van der Waals surface area contributed by atoms with E-state index in [0.29, 0.717) is 5.75 Å². The maximum absolute atomic E-state index is 14.2.